The zero-order chi connectivity index (χ0) is 19.6. The molecule has 1 aromatic heterocycles. The quantitative estimate of drug-likeness (QED) is 0.505. The third-order valence-electron chi connectivity index (χ3n) is 4.20. The maximum atomic E-state index is 12.2. The lowest BCUT2D eigenvalue weighted by Gasteiger charge is -2.19. The molecular weight excluding hydrogens is 350 g/mol. The van der Waals surface area contributed by atoms with Crippen LogP contribution in [-0.2, 0) is 22.4 Å². The summed E-state index contributed by atoms with van der Waals surface area (Å²) in [5, 5.41) is 3.21. The lowest BCUT2D eigenvalue weighted by Crippen LogP contribution is -2.36. The summed E-state index contributed by atoms with van der Waals surface area (Å²) in [5.41, 5.74) is 1.19. The van der Waals surface area contributed by atoms with Crippen LogP contribution in [0.15, 0.2) is 27.4 Å². The van der Waals surface area contributed by atoms with E-state index in [1.165, 1.54) is 6.07 Å². The van der Waals surface area contributed by atoms with Crippen LogP contribution in [0.2, 0.25) is 0 Å². The van der Waals surface area contributed by atoms with Crippen molar-refractivity contribution >= 4 is 23.0 Å². The van der Waals surface area contributed by atoms with Crippen molar-refractivity contribution in [1.82, 2.24) is 5.32 Å². The molecule has 144 valence electrons. The average molecular weight is 373 g/mol. The molecule has 0 saturated heterocycles. The number of nitrogens with one attached hydrogen (secondary N) is 1. The van der Waals surface area contributed by atoms with E-state index in [9.17, 15) is 14.4 Å². The van der Waals surface area contributed by atoms with Gasteiger partial charge in [0.1, 0.15) is 23.5 Å². The molecule has 0 spiro atoms. The molecule has 1 aliphatic rings. The van der Waals surface area contributed by atoms with E-state index in [-0.39, 0.29) is 17.9 Å². The molecule has 0 aliphatic heterocycles. The molecule has 7 nitrogen and oxygen atoms in total. The summed E-state index contributed by atoms with van der Waals surface area (Å²) in [6.45, 7) is 4.85. The molecule has 1 aromatic carbocycles. The van der Waals surface area contributed by atoms with Gasteiger partial charge < -0.3 is 19.2 Å². The van der Waals surface area contributed by atoms with Gasteiger partial charge in [-0.1, -0.05) is 0 Å². The normalized spacial score (nSPS) is 13.7. The number of rotatable bonds is 3. The highest BCUT2D eigenvalue weighted by atomic mass is 16.6. The van der Waals surface area contributed by atoms with Gasteiger partial charge in [0.05, 0.1) is 0 Å². The number of fused-ring (bicyclic) bond motifs is 3. The Bertz CT molecular complexity index is 938. The zero-order valence-corrected chi connectivity index (χ0v) is 15.7. The third-order valence-corrected chi connectivity index (χ3v) is 4.20. The van der Waals surface area contributed by atoms with Crippen molar-refractivity contribution in [3.63, 3.8) is 0 Å². The van der Waals surface area contributed by atoms with Crippen LogP contribution in [0.25, 0.3) is 11.0 Å². The molecule has 7 heteroatoms. The summed E-state index contributed by atoms with van der Waals surface area (Å²) in [4.78, 5) is 35.7. The standard InChI is InChI=1S/C20H23NO6/c1-20(2,3)27-19(24)21-11-17(22)25-12-8-9-14-13-6-4-5-7-15(13)18(23)26-16(14)10-12/h8-10H,4-7,11H2,1-3H3,(H,21,24). The highest BCUT2D eigenvalue weighted by Crippen LogP contribution is 2.29. The topological polar surface area (TPSA) is 94.8 Å². The Morgan fingerprint density at radius 3 is 2.56 bits per heavy atom. The average Bonchev–Trinajstić information content (AvgIpc) is 2.59. The Labute approximate surface area is 156 Å². The van der Waals surface area contributed by atoms with E-state index in [1.54, 1.807) is 32.9 Å². The molecule has 0 unspecified atom stereocenters. The number of hydrogen-bond donors (Lipinski definition) is 1. The Morgan fingerprint density at radius 2 is 1.85 bits per heavy atom. The number of ether oxygens (including phenoxy) is 2. The first-order valence-corrected chi connectivity index (χ1v) is 8.99. The van der Waals surface area contributed by atoms with Crippen molar-refractivity contribution in [2.24, 2.45) is 0 Å². The lowest BCUT2D eigenvalue weighted by atomic mass is 9.91. The largest absolute Gasteiger partial charge is 0.444 e. The Hall–Kier alpha value is -2.83. The first kappa shape index (κ1) is 18.9. The highest BCUT2D eigenvalue weighted by molar-refractivity contribution is 5.84. The summed E-state index contributed by atoms with van der Waals surface area (Å²) < 4.78 is 15.7. The molecule has 0 bridgehead atoms. The Kier molecular flexibility index (Phi) is 5.21. The van der Waals surface area contributed by atoms with Gasteiger partial charge in [-0.25, -0.2) is 14.4 Å². The van der Waals surface area contributed by atoms with Crippen molar-refractivity contribution in [3.05, 3.63) is 39.7 Å². The molecule has 1 N–H and O–H groups in total. The van der Waals surface area contributed by atoms with Gasteiger partial charge in [0.15, 0.2) is 0 Å². The number of benzene rings is 1. The van der Waals surface area contributed by atoms with Crippen LogP contribution in [0.1, 0.15) is 44.7 Å². The number of hydrogen-bond acceptors (Lipinski definition) is 6. The molecule has 0 atom stereocenters. The van der Waals surface area contributed by atoms with Gasteiger partial charge in [0.2, 0.25) is 0 Å². The van der Waals surface area contributed by atoms with E-state index in [0.29, 0.717) is 5.58 Å². The van der Waals surface area contributed by atoms with Gasteiger partial charge in [0, 0.05) is 17.0 Å². The Morgan fingerprint density at radius 1 is 1.15 bits per heavy atom. The van der Waals surface area contributed by atoms with E-state index in [4.69, 9.17) is 13.9 Å². The molecule has 0 radical (unpaired) electrons. The molecule has 0 fully saturated rings. The highest BCUT2D eigenvalue weighted by Gasteiger charge is 2.19. The first-order chi connectivity index (χ1) is 12.7. The number of esters is 1. The Balaban J connectivity index is 1.70. The summed E-state index contributed by atoms with van der Waals surface area (Å²) in [5.74, 6) is -0.405. The first-order valence-electron chi connectivity index (χ1n) is 8.99. The zero-order valence-electron chi connectivity index (χ0n) is 15.7. The summed E-state index contributed by atoms with van der Waals surface area (Å²) in [7, 11) is 0. The smallest absolute Gasteiger partial charge is 0.408 e. The van der Waals surface area contributed by atoms with Crippen molar-refractivity contribution in [2.75, 3.05) is 6.54 Å². The maximum absolute atomic E-state index is 12.2. The van der Waals surface area contributed by atoms with Crippen molar-refractivity contribution in [1.29, 1.82) is 0 Å². The van der Waals surface area contributed by atoms with E-state index in [0.717, 1.165) is 42.2 Å². The van der Waals surface area contributed by atoms with E-state index in [1.807, 2.05) is 0 Å². The second kappa shape index (κ2) is 7.42. The van der Waals surface area contributed by atoms with Gasteiger partial charge in [-0.2, -0.15) is 0 Å². The van der Waals surface area contributed by atoms with Crippen LogP contribution < -0.4 is 15.7 Å². The van der Waals surface area contributed by atoms with Crippen molar-refractivity contribution in [2.45, 2.75) is 52.1 Å². The molecule has 2 aromatic rings. The van der Waals surface area contributed by atoms with Gasteiger partial charge in [-0.15, -0.1) is 0 Å². The fourth-order valence-corrected chi connectivity index (χ4v) is 3.12. The lowest BCUT2D eigenvalue weighted by molar-refractivity contribution is -0.133. The number of aryl methyl sites for hydroxylation is 1. The van der Waals surface area contributed by atoms with E-state index in [2.05, 4.69) is 5.32 Å². The third kappa shape index (κ3) is 4.67. The van der Waals surface area contributed by atoms with Gasteiger partial charge in [-0.05, 0) is 64.2 Å². The fraction of sp³-hybridized carbons (Fsp3) is 0.450. The molecule has 1 heterocycles. The SMILES string of the molecule is CC(C)(C)OC(=O)NCC(=O)Oc1ccc2c3c(c(=O)oc2c1)CCCC3. The van der Waals surface area contributed by atoms with Gasteiger partial charge >= 0.3 is 17.7 Å². The van der Waals surface area contributed by atoms with Crippen LogP contribution in [-0.4, -0.2) is 24.2 Å². The van der Waals surface area contributed by atoms with E-state index < -0.39 is 17.7 Å². The van der Waals surface area contributed by atoms with Gasteiger partial charge in [0.25, 0.3) is 0 Å². The maximum Gasteiger partial charge on any atom is 0.408 e. The molecular formula is C20H23NO6. The van der Waals surface area contributed by atoms with Crippen LogP contribution in [0.4, 0.5) is 4.79 Å². The van der Waals surface area contributed by atoms with Crippen LogP contribution in [0.5, 0.6) is 5.75 Å². The van der Waals surface area contributed by atoms with Gasteiger partial charge in [-0.3, -0.25) is 0 Å². The summed E-state index contributed by atoms with van der Waals surface area (Å²) in [6, 6.07) is 4.98. The fourth-order valence-electron chi connectivity index (χ4n) is 3.12. The minimum Gasteiger partial charge on any atom is -0.444 e. The van der Waals surface area contributed by atoms with Crippen molar-refractivity contribution in [3.8, 4) is 5.75 Å². The predicted molar refractivity (Wildman–Crippen MR) is 99.0 cm³/mol. The van der Waals surface area contributed by atoms with Crippen LogP contribution in [0.3, 0.4) is 0 Å². The number of carbonyl (C=O) groups excluding carboxylic acids is 2. The number of amides is 1. The van der Waals surface area contributed by atoms with Crippen LogP contribution in [0, 0.1) is 0 Å². The van der Waals surface area contributed by atoms with E-state index >= 15 is 0 Å². The summed E-state index contributed by atoms with van der Waals surface area (Å²) in [6.07, 6.45) is 2.91. The molecule has 1 amide bonds. The molecule has 1 aliphatic carbocycles. The summed E-state index contributed by atoms with van der Waals surface area (Å²) >= 11 is 0. The molecule has 0 saturated carbocycles. The molecule has 27 heavy (non-hydrogen) atoms. The number of carbonyl (C=O) groups is 2. The monoisotopic (exact) mass is 373 g/mol. The van der Waals surface area contributed by atoms with Crippen LogP contribution >= 0.6 is 0 Å². The molecule has 3 rings (SSSR count). The second-order valence-corrected chi connectivity index (χ2v) is 7.54. The minimum absolute atomic E-state index is 0.248. The number of alkyl carbamates (subject to hydrolysis) is 1. The second-order valence-electron chi connectivity index (χ2n) is 7.54. The predicted octanol–water partition coefficient (Wildman–Crippen LogP) is 3.10. The van der Waals surface area contributed by atoms with Crippen molar-refractivity contribution < 1.29 is 23.5 Å². The minimum atomic E-state index is -0.699.